The quantitative estimate of drug-likeness (QED) is 0.794. The van der Waals surface area contributed by atoms with Crippen molar-refractivity contribution in [3.8, 4) is 0 Å². The summed E-state index contributed by atoms with van der Waals surface area (Å²) >= 11 is 6.32. The Labute approximate surface area is 117 Å². The predicted molar refractivity (Wildman–Crippen MR) is 81.4 cm³/mol. The highest BCUT2D eigenvalue weighted by Gasteiger charge is 2.22. The topological polar surface area (TPSA) is 12.0 Å². The zero-order valence-electron chi connectivity index (χ0n) is 12.3. The molecule has 0 amide bonds. The van der Waals surface area contributed by atoms with Crippen LogP contribution >= 0.6 is 11.6 Å². The van der Waals surface area contributed by atoms with Crippen molar-refractivity contribution in [1.82, 2.24) is 5.32 Å². The molecule has 1 rings (SSSR count). The van der Waals surface area contributed by atoms with Gasteiger partial charge in [-0.1, -0.05) is 44.5 Å². The monoisotopic (exact) mass is 267 g/mol. The van der Waals surface area contributed by atoms with Crippen molar-refractivity contribution in [2.24, 2.45) is 5.41 Å². The third-order valence-corrected chi connectivity index (χ3v) is 3.64. The van der Waals surface area contributed by atoms with Gasteiger partial charge < -0.3 is 5.32 Å². The fraction of sp³-hybridized carbons (Fsp3) is 0.625. The molecular weight excluding hydrogens is 242 g/mol. The molecule has 1 N–H and O–H groups in total. The minimum atomic E-state index is 0.264. The van der Waals surface area contributed by atoms with Crippen molar-refractivity contribution in [3.05, 3.63) is 34.3 Å². The van der Waals surface area contributed by atoms with E-state index in [0.717, 1.165) is 24.4 Å². The molecular formula is C16H26ClN. The van der Waals surface area contributed by atoms with Crippen LogP contribution in [0.25, 0.3) is 0 Å². The lowest BCUT2D eigenvalue weighted by atomic mass is 9.80. The van der Waals surface area contributed by atoms with Gasteiger partial charge in [-0.25, -0.2) is 0 Å². The SMILES string of the molecule is CCNC(C)CC(C)(C)Cc1ccc(C)cc1Cl. The maximum Gasteiger partial charge on any atom is 0.0440 e. The molecule has 0 aliphatic rings. The number of hydrogen-bond acceptors (Lipinski definition) is 1. The highest BCUT2D eigenvalue weighted by molar-refractivity contribution is 6.31. The molecule has 0 saturated heterocycles. The van der Waals surface area contributed by atoms with E-state index < -0.39 is 0 Å². The average molecular weight is 268 g/mol. The van der Waals surface area contributed by atoms with Crippen molar-refractivity contribution in [1.29, 1.82) is 0 Å². The largest absolute Gasteiger partial charge is 0.315 e. The van der Waals surface area contributed by atoms with E-state index in [1.54, 1.807) is 0 Å². The summed E-state index contributed by atoms with van der Waals surface area (Å²) in [4.78, 5) is 0. The number of nitrogens with one attached hydrogen (secondary N) is 1. The Morgan fingerprint density at radius 3 is 2.56 bits per heavy atom. The van der Waals surface area contributed by atoms with Crippen LogP contribution in [0.4, 0.5) is 0 Å². The first-order valence-electron chi connectivity index (χ1n) is 6.82. The summed E-state index contributed by atoms with van der Waals surface area (Å²) in [5, 5.41) is 4.38. The van der Waals surface area contributed by atoms with Gasteiger partial charge in [0.25, 0.3) is 0 Å². The van der Waals surface area contributed by atoms with Gasteiger partial charge in [-0.15, -0.1) is 0 Å². The normalized spacial score (nSPS) is 13.7. The first-order valence-corrected chi connectivity index (χ1v) is 7.20. The lowest BCUT2D eigenvalue weighted by Gasteiger charge is -2.29. The second-order valence-electron chi connectivity index (χ2n) is 6.10. The minimum absolute atomic E-state index is 0.264. The van der Waals surface area contributed by atoms with Gasteiger partial charge >= 0.3 is 0 Å². The summed E-state index contributed by atoms with van der Waals surface area (Å²) in [7, 11) is 0. The molecule has 102 valence electrons. The van der Waals surface area contributed by atoms with Crippen LogP contribution in [0.15, 0.2) is 18.2 Å². The molecule has 0 spiro atoms. The average Bonchev–Trinajstić information content (AvgIpc) is 2.21. The van der Waals surface area contributed by atoms with E-state index in [9.17, 15) is 0 Å². The van der Waals surface area contributed by atoms with E-state index in [1.165, 1.54) is 11.1 Å². The smallest absolute Gasteiger partial charge is 0.0440 e. The summed E-state index contributed by atoms with van der Waals surface area (Å²) in [5.74, 6) is 0. The summed E-state index contributed by atoms with van der Waals surface area (Å²) in [6.07, 6.45) is 2.19. The van der Waals surface area contributed by atoms with Gasteiger partial charge in [0.05, 0.1) is 0 Å². The summed E-state index contributed by atoms with van der Waals surface area (Å²) < 4.78 is 0. The predicted octanol–water partition coefficient (Wildman–Crippen LogP) is 4.61. The molecule has 1 aromatic carbocycles. The standard InChI is InChI=1S/C16H26ClN/c1-6-18-13(3)10-16(4,5)11-14-8-7-12(2)9-15(14)17/h7-9,13,18H,6,10-11H2,1-5H3. The molecule has 18 heavy (non-hydrogen) atoms. The van der Waals surface area contributed by atoms with Crippen LogP contribution in [-0.4, -0.2) is 12.6 Å². The van der Waals surface area contributed by atoms with Gasteiger partial charge in [0, 0.05) is 11.1 Å². The fourth-order valence-electron chi connectivity index (χ4n) is 2.63. The molecule has 1 nitrogen and oxygen atoms in total. The van der Waals surface area contributed by atoms with Crippen LogP contribution in [0, 0.1) is 12.3 Å². The van der Waals surface area contributed by atoms with Crippen LogP contribution in [0.1, 0.15) is 45.2 Å². The van der Waals surface area contributed by atoms with Crippen molar-refractivity contribution in [2.75, 3.05) is 6.54 Å². The van der Waals surface area contributed by atoms with E-state index in [2.05, 4.69) is 58.1 Å². The number of aryl methyl sites for hydroxylation is 1. The molecule has 0 radical (unpaired) electrons. The van der Waals surface area contributed by atoms with Crippen LogP contribution < -0.4 is 5.32 Å². The fourth-order valence-corrected chi connectivity index (χ4v) is 2.93. The van der Waals surface area contributed by atoms with Crippen LogP contribution in [0.5, 0.6) is 0 Å². The van der Waals surface area contributed by atoms with Gasteiger partial charge in [0.1, 0.15) is 0 Å². The van der Waals surface area contributed by atoms with E-state index >= 15 is 0 Å². The maximum absolute atomic E-state index is 6.32. The first-order chi connectivity index (χ1) is 8.34. The molecule has 2 heteroatoms. The molecule has 0 heterocycles. The van der Waals surface area contributed by atoms with Crippen molar-refractivity contribution < 1.29 is 0 Å². The lowest BCUT2D eigenvalue weighted by molar-refractivity contribution is 0.289. The van der Waals surface area contributed by atoms with Crippen molar-refractivity contribution in [2.45, 2.75) is 53.5 Å². The van der Waals surface area contributed by atoms with Crippen molar-refractivity contribution >= 4 is 11.6 Å². The minimum Gasteiger partial charge on any atom is -0.315 e. The zero-order valence-corrected chi connectivity index (χ0v) is 13.1. The van der Waals surface area contributed by atoms with Gasteiger partial charge in [0.2, 0.25) is 0 Å². The molecule has 0 fully saturated rings. The molecule has 0 saturated carbocycles. The summed E-state index contributed by atoms with van der Waals surface area (Å²) in [6.45, 7) is 12.1. The molecule has 1 aromatic rings. The van der Waals surface area contributed by atoms with Crippen LogP contribution in [0.3, 0.4) is 0 Å². The number of hydrogen-bond donors (Lipinski definition) is 1. The van der Waals surface area contributed by atoms with E-state index in [0.29, 0.717) is 6.04 Å². The molecule has 0 aliphatic heterocycles. The first kappa shape index (κ1) is 15.5. The van der Waals surface area contributed by atoms with E-state index in [4.69, 9.17) is 11.6 Å². The highest BCUT2D eigenvalue weighted by Crippen LogP contribution is 2.30. The number of benzene rings is 1. The van der Waals surface area contributed by atoms with Crippen LogP contribution in [0.2, 0.25) is 5.02 Å². The van der Waals surface area contributed by atoms with Crippen LogP contribution in [-0.2, 0) is 6.42 Å². The lowest BCUT2D eigenvalue weighted by Crippen LogP contribution is -2.32. The molecule has 0 aliphatic carbocycles. The van der Waals surface area contributed by atoms with Gasteiger partial charge in [0.15, 0.2) is 0 Å². The number of rotatable bonds is 6. The Hall–Kier alpha value is -0.530. The Balaban J connectivity index is 2.69. The van der Waals surface area contributed by atoms with E-state index in [1.807, 2.05) is 0 Å². The molecule has 1 unspecified atom stereocenters. The second kappa shape index (κ2) is 6.58. The summed E-state index contributed by atoms with van der Waals surface area (Å²) in [6, 6.07) is 6.91. The number of halogens is 1. The Morgan fingerprint density at radius 2 is 2.00 bits per heavy atom. The molecule has 0 bridgehead atoms. The van der Waals surface area contributed by atoms with Crippen molar-refractivity contribution in [3.63, 3.8) is 0 Å². The zero-order chi connectivity index (χ0) is 13.8. The Kier molecular flexibility index (Phi) is 5.68. The molecule has 1 atom stereocenters. The molecule has 0 aromatic heterocycles. The highest BCUT2D eigenvalue weighted by atomic mass is 35.5. The van der Waals surface area contributed by atoms with Gasteiger partial charge in [-0.3, -0.25) is 0 Å². The second-order valence-corrected chi connectivity index (χ2v) is 6.51. The Bertz CT molecular complexity index is 385. The van der Waals surface area contributed by atoms with Gasteiger partial charge in [-0.2, -0.15) is 0 Å². The van der Waals surface area contributed by atoms with E-state index in [-0.39, 0.29) is 5.41 Å². The Morgan fingerprint density at radius 1 is 1.33 bits per heavy atom. The third-order valence-electron chi connectivity index (χ3n) is 3.29. The summed E-state index contributed by atoms with van der Waals surface area (Å²) in [5.41, 5.74) is 2.75. The van der Waals surface area contributed by atoms with Gasteiger partial charge in [-0.05, 0) is 55.8 Å². The maximum atomic E-state index is 6.32. The third kappa shape index (κ3) is 4.99.